The van der Waals surface area contributed by atoms with Crippen molar-refractivity contribution in [1.82, 2.24) is 0 Å². The number of nitrogens with one attached hydrogen (secondary N) is 1. The third-order valence-electron chi connectivity index (χ3n) is 2.79. The van der Waals surface area contributed by atoms with Crippen LogP contribution in [0.5, 0.6) is 0 Å². The Bertz CT molecular complexity index is 599. The first-order valence-corrected chi connectivity index (χ1v) is 7.48. The second kappa shape index (κ2) is 6.10. The Morgan fingerprint density at radius 1 is 1.35 bits per heavy atom. The zero-order chi connectivity index (χ0) is 15.5. The van der Waals surface area contributed by atoms with Crippen LogP contribution in [-0.4, -0.2) is 27.5 Å². The summed E-state index contributed by atoms with van der Waals surface area (Å²) in [6, 6.07) is 3.37. The van der Waals surface area contributed by atoms with Crippen LogP contribution in [0.15, 0.2) is 23.1 Å². The van der Waals surface area contributed by atoms with Crippen LogP contribution in [0.1, 0.15) is 13.8 Å². The average molecular weight is 301 g/mol. The van der Waals surface area contributed by atoms with Crippen LogP contribution in [0.3, 0.4) is 0 Å². The summed E-state index contributed by atoms with van der Waals surface area (Å²) in [6.07, 6.45) is 0. The SMILES string of the molecule is COC(=O)C(Nc1cc(S(N)(=O)=O)ccc1N)C(C)C. The van der Waals surface area contributed by atoms with Gasteiger partial charge in [0, 0.05) is 0 Å². The van der Waals surface area contributed by atoms with Crippen LogP contribution in [0, 0.1) is 5.92 Å². The van der Waals surface area contributed by atoms with Crippen LogP contribution < -0.4 is 16.2 Å². The molecule has 1 rings (SSSR count). The summed E-state index contributed by atoms with van der Waals surface area (Å²) in [5.74, 6) is -0.527. The summed E-state index contributed by atoms with van der Waals surface area (Å²) in [5, 5.41) is 7.95. The number of hydrogen-bond acceptors (Lipinski definition) is 6. The second-order valence-electron chi connectivity index (χ2n) is 4.68. The molecule has 0 aliphatic rings. The van der Waals surface area contributed by atoms with Gasteiger partial charge in [-0.2, -0.15) is 0 Å². The predicted molar refractivity (Wildman–Crippen MR) is 76.5 cm³/mol. The molecule has 0 aliphatic carbocycles. The third kappa shape index (κ3) is 3.84. The minimum Gasteiger partial charge on any atom is -0.467 e. The van der Waals surface area contributed by atoms with E-state index in [1.54, 1.807) is 0 Å². The molecule has 1 aromatic carbocycles. The van der Waals surface area contributed by atoms with Gasteiger partial charge in [-0.1, -0.05) is 13.8 Å². The normalized spacial score (nSPS) is 13.1. The standard InChI is InChI=1S/C12H19N3O4S/c1-7(2)11(12(16)19-3)15-10-6-8(20(14,17)18)4-5-9(10)13/h4-7,11,15H,13H2,1-3H3,(H2,14,17,18). The van der Waals surface area contributed by atoms with Crippen LogP contribution >= 0.6 is 0 Å². The number of primary sulfonamides is 1. The van der Waals surface area contributed by atoms with E-state index in [0.29, 0.717) is 11.4 Å². The first kappa shape index (κ1) is 16.3. The monoisotopic (exact) mass is 301 g/mol. The zero-order valence-electron chi connectivity index (χ0n) is 11.6. The first-order chi connectivity index (χ1) is 9.16. The zero-order valence-corrected chi connectivity index (χ0v) is 12.4. The van der Waals surface area contributed by atoms with Gasteiger partial charge in [0.1, 0.15) is 6.04 Å². The number of nitrogens with two attached hydrogens (primary N) is 2. The number of anilines is 2. The van der Waals surface area contributed by atoms with Gasteiger partial charge in [-0.3, -0.25) is 0 Å². The van der Waals surface area contributed by atoms with Crippen molar-refractivity contribution < 1.29 is 17.9 Å². The molecule has 0 bridgehead atoms. The van der Waals surface area contributed by atoms with E-state index in [1.165, 1.54) is 25.3 Å². The maximum Gasteiger partial charge on any atom is 0.328 e. The van der Waals surface area contributed by atoms with Gasteiger partial charge in [-0.25, -0.2) is 18.4 Å². The lowest BCUT2D eigenvalue weighted by atomic mass is 10.0. The number of carbonyl (C=O) groups is 1. The highest BCUT2D eigenvalue weighted by atomic mass is 32.2. The van der Waals surface area contributed by atoms with Gasteiger partial charge in [-0.05, 0) is 24.1 Å². The molecule has 20 heavy (non-hydrogen) atoms. The number of ether oxygens (including phenoxy) is 1. The van der Waals surface area contributed by atoms with E-state index in [0.717, 1.165) is 0 Å². The molecule has 0 fully saturated rings. The van der Waals surface area contributed by atoms with Crippen molar-refractivity contribution in [3.8, 4) is 0 Å². The first-order valence-electron chi connectivity index (χ1n) is 5.93. The summed E-state index contributed by atoms with van der Waals surface area (Å²) in [5.41, 5.74) is 6.40. The van der Waals surface area contributed by atoms with E-state index in [4.69, 9.17) is 15.6 Å². The lowest BCUT2D eigenvalue weighted by Gasteiger charge is -2.22. The predicted octanol–water partition coefficient (Wildman–Crippen LogP) is 0.526. The Kier molecular flexibility index (Phi) is 4.96. The van der Waals surface area contributed by atoms with Crippen molar-refractivity contribution in [3.63, 3.8) is 0 Å². The molecule has 0 aromatic heterocycles. The van der Waals surface area contributed by atoms with E-state index in [-0.39, 0.29) is 10.8 Å². The minimum atomic E-state index is -3.84. The smallest absolute Gasteiger partial charge is 0.328 e. The molecular formula is C12H19N3O4S. The molecule has 0 spiro atoms. The van der Waals surface area contributed by atoms with E-state index in [2.05, 4.69) is 5.32 Å². The number of esters is 1. The lowest BCUT2D eigenvalue weighted by molar-refractivity contribution is -0.142. The quantitative estimate of drug-likeness (QED) is 0.538. The molecule has 1 unspecified atom stereocenters. The number of hydrogen-bond donors (Lipinski definition) is 3. The molecule has 7 nitrogen and oxygen atoms in total. The van der Waals surface area contributed by atoms with Crippen molar-refractivity contribution >= 4 is 27.4 Å². The fourth-order valence-electron chi connectivity index (χ4n) is 1.63. The van der Waals surface area contributed by atoms with Gasteiger partial charge < -0.3 is 15.8 Å². The molecular weight excluding hydrogens is 282 g/mol. The van der Waals surface area contributed by atoms with Crippen molar-refractivity contribution in [2.45, 2.75) is 24.8 Å². The van der Waals surface area contributed by atoms with Crippen LogP contribution in [0.2, 0.25) is 0 Å². The molecule has 0 amide bonds. The Morgan fingerprint density at radius 2 is 1.95 bits per heavy atom. The van der Waals surface area contributed by atoms with Gasteiger partial charge in [-0.15, -0.1) is 0 Å². The Hall–Kier alpha value is -1.80. The number of benzene rings is 1. The average Bonchev–Trinajstić information content (AvgIpc) is 2.35. The number of carbonyl (C=O) groups excluding carboxylic acids is 1. The Balaban J connectivity index is 3.16. The lowest BCUT2D eigenvalue weighted by Crippen LogP contribution is -2.35. The third-order valence-corrected chi connectivity index (χ3v) is 3.70. The van der Waals surface area contributed by atoms with Gasteiger partial charge >= 0.3 is 5.97 Å². The number of rotatable bonds is 5. The number of methoxy groups -OCH3 is 1. The van der Waals surface area contributed by atoms with Crippen molar-refractivity contribution in [2.75, 3.05) is 18.2 Å². The van der Waals surface area contributed by atoms with Gasteiger partial charge in [0.15, 0.2) is 0 Å². The molecule has 112 valence electrons. The van der Waals surface area contributed by atoms with Gasteiger partial charge in [0.25, 0.3) is 0 Å². The molecule has 8 heteroatoms. The molecule has 0 radical (unpaired) electrons. The maximum absolute atomic E-state index is 11.7. The van der Waals surface area contributed by atoms with Gasteiger partial charge in [0.05, 0.1) is 23.4 Å². The van der Waals surface area contributed by atoms with Crippen molar-refractivity contribution in [2.24, 2.45) is 11.1 Å². The topological polar surface area (TPSA) is 125 Å². The molecule has 5 N–H and O–H groups in total. The van der Waals surface area contributed by atoms with E-state index in [9.17, 15) is 13.2 Å². The molecule has 1 atom stereocenters. The van der Waals surface area contributed by atoms with E-state index in [1.807, 2.05) is 13.8 Å². The van der Waals surface area contributed by atoms with Crippen LogP contribution in [0.4, 0.5) is 11.4 Å². The highest BCUT2D eigenvalue weighted by Gasteiger charge is 2.24. The molecule has 0 saturated carbocycles. The minimum absolute atomic E-state index is 0.0695. The van der Waals surface area contributed by atoms with Crippen LogP contribution in [0.25, 0.3) is 0 Å². The summed E-state index contributed by atoms with van der Waals surface area (Å²) in [4.78, 5) is 11.6. The Morgan fingerprint density at radius 3 is 2.40 bits per heavy atom. The Labute approximate surface area is 118 Å². The number of sulfonamides is 1. The fourth-order valence-corrected chi connectivity index (χ4v) is 2.17. The highest BCUT2D eigenvalue weighted by Crippen LogP contribution is 2.24. The van der Waals surface area contributed by atoms with Crippen molar-refractivity contribution in [1.29, 1.82) is 0 Å². The highest BCUT2D eigenvalue weighted by molar-refractivity contribution is 7.89. The molecule has 0 heterocycles. The van der Waals surface area contributed by atoms with Crippen molar-refractivity contribution in [3.05, 3.63) is 18.2 Å². The molecule has 1 aromatic rings. The largest absolute Gasteiger partial charge is 0.467 e. The fraction of sp³-hybridized carbons (Fsp3) is 0.417. The molecule has 0 saturated heterocycles. The van der Waals surface area contributed by atoms with E-state index < -0.39 is 22.0 Å². The van der Waals surface area contributed by atoms with Gasteiger partial charge in [0.2, 0.25) is 10.0 Å². The maximum atomic E-state index is 11.7. The summed E-state index contributed by atoms with van der Waals surface area (Å²) >= 11 is 0. The van der Waals surface area contributed by atoms with E-state index >= 15 is 0 Å². The molecule has 0 aliphatic heterocycles. The summed E-state index contributed by atoms with van der Waals surface area (Å²) < 4.78 is 27.3. The summed E-state index contributed by atoms with van der Waals surface area (Å²) in [7, 11) is -2.55. The number of nitrogen functional groups attached to an aromatic ring is 1. The summed E-state index contributed by atoms with van der Waals surface area (Å²) in [6.45, 7) is 3.66. The second-order valence-corrected chi connectivity index (χ2v) is 6.24. The van der Waals surface area contributed by atoms with Crippen LogP contribution in [-0.2, 0) is 19.6 Å².